The smallest absolute Gasteiger partial charge is 0.272 e. The number of hydrogen-bond acceptors (Lipinski definition) is 3. The van der Waals surface area contributed by atoms with Gasteiger partial charge in [0, 0.05) is 17.9 Å². The van der Waals surface area contributed by atoms with E-state index in [0.29, 0.717) is 5.69 Å². The van der Waals surface area contributed by atoms with Crippen molar-refractivity contribution in [2.24, 2.45) is 0 Å². The zero-order chi connectivity index (χ0) is 11.8. The minimum atomic E-state index is -0.273. The molecule has 5 heteroatoms. The summed E-state index contributed by atoms with van der Waals surface area (Å²) in [5.41, 5.74) is 0.928. The van der Waals surface area contributed by atoms with Gasteiger partial charge in [-0.2, -0.15) is 5.10 Å². The third-order valence-electron chi connectivity index (χ3n) is 2.07. The van der Waals surface area contributed by atoms with E-state index >= 15 is 0 Å². The predicted octanol–water partition coefficient (Wildman–Crippen LogP) is 1.49. The summed E-state index contributed by atoms with van der Waals surface area (Å²) in [4.78, 5) is 15.9. The Kier molecular flexibility index (Phi) is 2.38. The fourth-order valence-electron chi connectivity index (χ4n) is 1.43. The summed E-state index contributed by atoms with van der Waals surface area (Å²) in [7, 11) is 0. The highest BCUT2D eigenvalue weighted by Gasteiger charge is 2.19. The van der Waals surface area contributed by atoms with Crippen molar-refractivity contribution in [2.75, 3.05) is 0 Å². The van der Waals surface area contributed by atoms with Crippen molar-refractivity contribution in [3.63, 3.8) is 0 Å². The molecular formula is C11H14N4O. The van der Waals surface area contributed by atoms with Crippen LogP contribution in [0.1, 0.15) is 31.3 Å². The average molecular weight is 218 g/mol. The van der Waals surface area contributed by atoms with Crippen LogP contribution in [0.3, 0.4) is 0 Å². The lowest BCUT2D eigenvalue weighted by molar-refractivity contribution is 0.0916. The van der Waals surface area contributed by atoms with Gasteiger partial charge in [0.2, 0.25) is 0 Å². The molecule has 2 aromatic rings. The van der Waals surface area contributed by atoms with Crippen LogP contribution in [-0.2, 0) is 0 Å². The van der Waals surface area contributed by atoms with E-state index in [0.717, 1.165) is 10.9 Å². The molecule has 0 aliphatic rings. The van der Waals surface area contributed by atoms with Gasteiger partial charge >= 0.3 is 0 Å². The van der Waals surface area contributed by atoms with E-state index in [4.69, 9.17) is 0 Å². The fourth-order valence-corrected chi connectivity index (χ4v) is 1.43. The first kappa shape index (κ1) is 10.6. The van der Waals surface area contributed by atoms with Crippen molar-refractivity contribution in [3.05, 3.63) is 24.2 Å². The van der Waals surface area contributed by atoms with Gasteiger partial charge in [-0.25, -0.2) is 0 Å². The number of pyridine rings is 1. The Bertz CT molecular complexity index is 524. The topological polar surface area (TPSA) is 70.7 Å². The Morgan fingerprint density at radius 3 is 2.88 bits per heavy atom. The maximum Gasteiger partial charge on any atom is 0.272 e. The monoisotopic (exact) mass is 218 g/mol. The molecule has 0 unspecified atom stereocenters. The molecule has 0 saturated heterocycles. The third-order valence-corrected chi connectivity index (χ3v) is 2.07. The molecule has 0 spiro atoms. The van der Waals surface area contributed by atoms with Crippen molar-refractivity contribution in [1.82, 2.24) is 20.5 Å². The highest BCUT2D eigenvalue weighted by molar-refractivity contribution is 6.04. The number of carbonyl (C=O) groups excluding carboxylic acids is 1. The fraction of sp³-hybridized carbons (Fsp3) is 0.364. The lowest BCUT2D eigenvalue weighted by Crippen LogP contribution is -2.40. The third kappa shape index (κ3) is 2.03. The predicted molar refractivity (Wildman–Crippen MR) is 61.1 cm³/mol. The van der Waals surface area contributed by atoms with E-state index in [-0.39, 0.29) is 11.4 Å². The molecule has 0 saturated carbocycles. The molecule has 5 nitrogen and oxygen atoms in total. The molecule has 2 N–H and O–H groups in total. The second kappa shape index (κ2) is 3.59. The zero-order valence-corrected chi connectivity index (χ0v) is 9.53. The first-order valence-electron chi connectivity index (χ1n) is 5.08. The summed E-state index contributed by atoms with van der Waals surface area (Å²) >= 11 is 0. The van der Waals surface area contributed by atoms with Crippen LogP contribution in [0.15, 0.2) is 18.5 Å². The summed E-state index contributed by atoms with van der Waals surface area (Å²) in [6.45, 7) is 5.79. The number of fused-ring (bicyclic) bond motifs is 1. The van der Waals surface area contributed by atoms with Gasteiger partial charge < -0.3 is 5.32 Å². The molecule has 0 aromatic carbocycles. The number of aromatic nitrogens is 3. The molecule has 16 heavy (non-hydrogen) atoms. The molecular weight excluding hydrogens is 204 g/mol. The second-order valence-electron chi connectivity index (χ2n) is 4.70. The van der Waals surface area contributed by atoms with E-state index in [9.17, 15) is 4.79 Å². The maximum absolute atomic E-state index is 11.9. The summed E-state index contributed by atoms with van der Waals surface area (Å²) in [6, 6.07) is 1.79. The first-order valence-corrected chi connectivity index (χ1v) is 5.08. The van der Waals surface area contributed by atoms with Gasteiger partial charge in [-0.05, 0) is 26.8 Å². The van der Waals surface area contributed by atoms with Crippen molar-refractivity contribution in [3.8, 4) is 0 Å². The van der Waals surface area contributed by atoms with Crippen LogP contribution in [0.2, 0.25) is 0 Å². The Hall–Kier alpha value is -1.91. The molecule has 0 aliphatic carbocycles. The number of carbonyl (C=O) groups is 1. The van der Waals surface area contributed by atoms with E-state index < -0.39 is 0 Å². The average Bonchev–Trinajstić information content (AvgIpc) is 2.58. The highest BCUT2D eigenvalue weighted by atomic mass is 16.2. The van der Waals surface area contributed by atoms with Crippen molar-refractivity contribution >= 4 is 16.8 Å². The SMILES string of the molecule is CC(C)(C)NC(=O)c1n[nH]c2ccncc12. The van der Waals surface area contributed by atoms with Gasteiger partial charge in [-0.15, -0.1) is 0 Å². The van der Waals surface area contributed by atoms with Gasteiger partial charge in [0.1, 0.15) is 0 Å². The quantitative estimate of drug-likeness (QED) is 0.761. The highest BCUT2D eigenvalue weighted by Crippen LogP contribution is 2.14. The number of hydrogen-bond donors (Lipinski definition) is 2. The van der Waals surface area contributed by atoms with E-state index in [1.165, 1.54) is 0 Å². The molecule has 1 amide bonds. The van der Waals surface area contributed by atoms with Crippen LogP contribution >= 0.6 is 0 Å². The van der Waals surface area contributed by atoms with Crippen LogP contribution in [0, 0.1) is 0 Å². The number of H-pyrrole nitrogens is 1. The standard InChI is InChI=1S/C11H14N4O/c1-11(2,3)13-10(16)9-7-6-12-5-4-8(7)14-15-9/h4-6H,1-3H3,(H,13,16)(H,14,15). The molecule has 2 rings (SSSR count). The van der Waals surface area contributed by atoms with Gasteiger partial charge in [0.05, 0.1) is 10.9 Å². The van der Waals surface area contributed by atoms with Crippen LogP contribution < -0.4 is 5.32 Å². The largest absolute Gasteiger partial charge is 0.346 e. The minimum Gasteiger partial charge on any atom is -0.346 e. The first-order chi connectivity index (χ1) is 7.47. The summed E-state index contributed by atoms with van der Waals surface area (Å²) in [5, 5.41) is 10.4. The van der Waals surface area contributed by atoms with Crippen molar-refractivity contribution < 1.29 is 4.79 Å². The van der Waals surface area contributed by atoms with Crippen LogP contribution in [0.4, 0.5) is 0 Å². The summed E-state index contributed by atoms with van der Waals surface area (Å²) in [6.07, 6.45) is 3.29. The van der Waals surface area contributed by atoms with Crippen molar-refractivity contribution in [1.29, 1.82) is 0 Å². The number of rotatable bonds is 1. The summed E-state index contributed by atoms with van der Waals surface area (Å²) in [5.74, 6) is -0.188. The van der Waals surface area contributed by atoms with Crippen LogP contribution in [0.25, 0.3) is 10.9 Å². The van der Waals surface area contributed by atoms with E-state index in [2.05, 4.69) is 20.5 Å². The Labute approximate surface area is 93.3 Å². The molecule has 0 aliphatic heterocycles. The molecule has 0 bridgehead atoms. The lowest BCUT2D eigenvalue weighted by atomic mass is 10.1. The number of amides is 1. The van der Waals surface area contributed by atoms with Crippen LogP contribution in [0.5, 0.6) is 0 Å². The van der Waals surface area contributed by atoms with Gasteiger partial charge in [-0.3, -0.25) is 14.9 Å². The minimum absolute atomic E-state index is 0.188. The van der Waals surface area contributed by atoms with E-state index in [1.807, 2.05) is 20.8 Å². The normalized spacial score (nSPS) is 11.7. The van der Waals surface area contributed by atoms with Crippen LogP contribution in [-0.4, -0.2) is 26.6 Å². The lowest BCUT2D eigenvalue weighted by Gasteiger charge is -2.19. The number of nitrogens with zero attached hydrogens (tertiary/aromatic N) is 2. The zero-order valence-electron chi connectivity index (χ0n) is 9.53. The van der Waals surface area contributed by atoms with E-state index in [1.54, 1.807) is 18.5 Å². The molecule has 0 radical (unpaired) electrons. The Morgan fingerprint density at radius 2 is 2.19 bits per heavy atom. The molecule has 84 valence electrons. The molecule has 0 atom stereocenters. The van der Waals surface area contributed by atoms with Crippen molar-refractivity contribution in [2.45, 2.75) is 26.3 Å². The number of nitrogens with one attached hydrogen (secondary N) is 2. The second-order valence-corrected chi connectivity index (χ2v) is 4.70. The van der Waals surface area contributed by atoms with Gasteiger partial charge in [0.15, 0.2) is 5.69 Å². The Morgan fingerprint density at radius 1 is 1.44 bits per heavy atom. The van der Waals surface area contributed by atoms with Gasteiger partial charge in [0.25, 0.3) is 5.91 Å². The Balaban J connectivity index is 2.37. The molecule has 2 heterocycles. The summed E-state index contributed by atoms with van der Waals surface area (Å²) < 4.78 is 0. The maximum atomic E-state index is 11.9. The molecule has 0 fully saturated rings. The number of aromatic amines is 1. The molecule has 2 aromatic heterocycles. The van der Waals surface area contributed by atoms with Gasteiger partial charge in [-0.1, -0.05) is 0 Å².